The van der Waals surface area contributed by atoms with E-state index in [1.54, 1.807) is 0 Å². The summed E-state index contributed by atoms with van der Waals surface area (Å²) >= 11 is 0. The first-order chi connectivity index (χ1) is 7.11. The van der Waals surface area contributed by atoms with E-state index in [4.69, 9.17) is 5.11 Å². The molecular formula is C9H8F6O. The van der Waals surface area contributed by atoms with Crippen molar-refractivity contribution >= 4 is 0 Å². The maximum Gasteiger partial charge on any atom is 0.426 e. The average Bonchev–Trinajstić information content (AvgIpc) is 2.14. The van der Waals surface area contributed by atoms with Gasteiger partial charge in [0.05, 0.1) is 0 Å². The van der Waals surface area contributed by atoms with Crippen LogP contribution in [0.25, 0.3) is 0 Å². The van der Waals surface area contributed by atoms with Gasteiger partial charge in [-0.25, -0.2) is 0 Å². The Hall–Kier alpha value is -0.980. The van der Waals surface area contributed by atoms with Crippen LogP contribution in [0.4, 0.5) is 26.3 Å². The van der Waals surface area contributed by atoms with Gasteiger partial charge in [0.25, 0.3) is 5.60 Å². The molecule has 0 aromatic carbocycles. The minimum Gasteiger partial charge on any atom is -0.373 e. The van der Waals surface area contributed by atoms with Crippen LogP contribution in [-0.4, -0.2) is 23.1 Å². The average molecular weight is 246 g/mol. The highest BCUT2D eigenvalue weighted by Gasteiger charge is 2.73. The number of hydrogen-bond acceptors (Lipinski definition) is 1. The van der Waals surface area contributed by atoms with Gasteiger partial charge >= 0.3 is 12.4 Å². The molecule has 1 unspecified atom stereocenters. The number of rotatable bonds is 1. The summed E-state index contributed by atoms with van der Waals surface area (Å²) in [6, 6.07) is 0. The predicted octanol–water partition coefficient (Wildman–Crippen LogP) is 2.97. The molecule has 1 rings (SSSR count). The summed E-state index contributed by atoms with van der Waals surface area (Å²) in [7, 11) is 0. The Labute approximate surface area is 87.1 Å². The smallest absolute Gasteiger partial charge is 0.373 e. The molecule has 0 saturated carbocycles. The Morgan fingerprint density at radius 1 is 0.938 bits per heavy atom. The van der Waals surface area contributed by atoms with Gasteiger partial charge in [0, 0.05) is 5.92 Å². The van der Waals surface area contributed by atoms with Crippen LogP contribution in [0, 0.1) is 5.92 Å². The van der Waals surface area contributed by atoms with Crippen molar-refractivity contribution < 1.29 is 31.4 Å². The summed E-state index contributed by atoms with van der Waals surface area (Å²) in [5.74, 6) is -2.04. The zero-order valence-corrected chi connectivity index (χ0v) is 7.81. The molecule has 7 heteroatoms. The molecule has 92 valence electrons. The number of aliphatic hydroxyl groups is 1. The molecule has 0 radical (unpaired) electrons. The van der Waals surface area contributed by atoms with E-state index in [-0.39, 0.29) is 0 Å². The molecule has 0 fully saturated rings. The zero-order chi connectivity index (χ0) is 12.6. The molecule has 0 heterocycles. The Morgan fingerprint density at radius 2 is 1.44 bits per heavy atom. The molecule has 1 atom stereocenters. The van der Waals surface area contributed by atoms with Crippen LogP contribution in [0.15, 0.2) is 24.3 Å². The van der Waals surface area contributed by atoms with Crippen LogP contribution in [0.5, 0.6) is 0 Å². The van der Waals surface area contributed by atoms with Gasteiger partial charge in [0.2, 0.25) is 0 Å². The molecule has 0 bridgehead atoms. The molecule has 1 aliphatic carbocycles. The van der Waals surface area contributed by atoms with E-state index in [1.807, 2.05) is 0 Å². The van der Waals surface area contributed by atoms with Crippen molar-refractivity contribution in [1.82, 2.24) is 0 Å². The van der Waals surface area contributed by atoms with Crippen molar-refractivity contribution in [2.24, 2.45) is 5.92 Å². The second kappa shape index (κ2) is 3.80. The summed E-state index contributed by atoms with van der Waals surface area (Å²) in [5, 5.41) is 8.97. The normalized spacial score (nSPS) is 22.6. The van der Waals surface area contributed by atoms with Crippen molar-refractivity contribution in [3.05, 3.63) is 24.3 Å². The molecule has 0 spiro atoms. The van der Waals surface area contributed by atoms with E-state index in [2.05, 4.69) is 0 Å². The van der Waals surface area contributed by atoms with Gasteiger partial charge in [-0.3, -0.25) is 0 Å². The third-order valence-corrected chi connectivity index (χ3v) is 2.38. The third-order valence-electron chi connectivity index (χ3n) is 2.38. The Morgan fingerprint density at radius 3 is 1.75 bits per heavy atom. The molecule has 1 N–H and O–H groups in total. The van der Waals surface area contributed by atoms with Gasteiger partial charge in [-0.2, -0.15) is 26.3 Å². The van der Waals surface area contributed by atoms with E-state index in [0.29, 0.717) is 6.08 Å². The largest absolute Gasteiger partial charge is 0.426 e. The molecule has 1 nitrogen and oxygen atoms in total. The molecule has 16 heavy (non-hydrogen) atoms. The van der Waals surface area contributed by atoms with Crippen LogP contribution in [0.2, 0.25) is 0 Å². The fourth-order valence-corrected chi connectivity index (χ4v) is 1.47. The van der Waals surface area contributed by atoms with Crippen LogP contribution in [0.3, 0.4) is 0 Å². The van der Waals surface area contributed by atoms with Crippen molar-refractivity contribution in [2.75, 3.05) is 0 Å². The monoisotopic (exact) mass is 246 g/mol. The highest BCUT2D eigenvalue weighted by molar-refractivity contribution is 5.17. The fraction of sp³-hybridized carbons (Fsp3) is 0.556. The maximum atomic E-state index is 12.4. The standard InChI is InChI=1S/C9H8F6O/c10-8(11,12)7(16,9(13,14)15)6-4-2-1-3-5-6/h1-4,6,16H,5H2. The first-order valence-corrected chi connectivity index (χ1v) is 4.30. The van der Waals surface area contributed by atoms with E-state index in [0.717, 1.165) is 12.2 Å². The number of allylic oxidation sites excluding steroid dienone is 3. The Balaban J connectivity index is 3.16. The lowest BCUT2D eigenvalue weighted by Gasteiger charge is -2.37. The summed E-state index contributed by atoms with van der Waals surface area (Å²) in [6.45, 7) is 0. The summed E-state index contributed by atoms with van der Waals surface area (Å²) < 4.78 is 74.1. The van der Waals surface area contributed by atoms with Gasteiger partial charge in [0.15, 0.2) is 0 Å². The van der Waals surface area contributed by atoms with Gasteiger partial charge in [-0.05, 0) is 6.42 Å². The minimum atomic E-state index is -5.76. The van der Waals surface area contributed by atoms with Gasteiger partial charge in [-0.15, -0.1) is 0 Å². The maximum absolute atomic E-state index is 12.4. The van der Waals surface area contributed by atoms with Crippen molar-refractivity contribution in [2.45, 2.75) is 24.4 Å². The lowest BCUT2D eigenvalue weighted by Crippen LogP contribution is -2.61. The molecule has 0 aromatic heterocycles. The Bertz CT molecular complexity index is 297. The lowest BCUT2D eigenvalue weighted by atomic mass is 9.81. The highest BCUT2D eigenvalue weighted by Crippen LogP contribution is 2.49. The van der Waals surface area contributed by atoms with E-state index < -0.39 is 30.3 Å². The third kappa shape index (κ3) is 1.95. The van der Waals surface area contributed by atoms with Crippen LogP contribution in [-0.2, 0) is 0 Å². The lowest BCUT2D eigenvalue weighted by molar-refractivity contribution is -0.380. The number of alkyl halides is 6. The van der Waals surface area contributed by atoms with Crippen LogP contribution < -0.4 is 0 Å². The topological polar surface area (TPSA) is 20.2 Å². The summed E-state index contributed by atoms with van der Waals surface area (Å²) in [5.41, 5.74) is -4.69. The Kier molecular flexibility index (Phi) is 3.11. The van der Waals surface area contributed by atoms with Gasteiger partial charge < -0.3 is 5.11 Å². The SMILES string of the molecule is OC(C1C=CC=CC1)(C(F)(F)F)C(F)(F)F. The number of hydrogen-bond donors (Lipinski definition) is 1. The molecule has 0 saturated heterocycles. The predicted molar refractivity (Wildman–Crippen MR) is 43.4 cm³/mol. The van der Waals surface area contributed by atoms with Crippen molar-refractivity contribution in [3.63, 3.8) is 0 Å². The fourth-order valence-electron chi connectivity index (χ4n) is 1.47. The molecular weight excluding hydrogens is 238 g/mol. The molecule has 0 amide bonds. The van der Waals surface area contributed by atoms with E-state index in [1.165, 1.54) is 6.08 Å². The first-order valence-electron chi connectivity index (χ1n) is 4.30. The van der Waals surface area contributed by atoms with Crippen molar-refractivity contribution in [1.29, 1.82) is 0 Å². The van der Waals surface area contributed by atoms with E-state index >= 15 is 0 Å². The quantitative estimate of drug-likeness (QED) is 0.705. The highest BCUT2D eigenvalue weighted by atomic mass is 19.4. The molecule has 0 aromatic rings. The minimum absolute atomic E-state index is 0.508. The van der Waals surface area contributed by atoms with Crippen LogP contribution >= 0.6 is 0 Å². The van der Waals surface area contributed by atoms with Crippen LogP contribution in [0.1, 0.15) is 6.42 Å². The molecule has 1 aliphatic rings. The zero-order valence-electron chi connectivity index (χ0n) is 7.81. The van der Waals surface area contributed by atoms with E-state index in [9.17, 15) is 26.3 Å². The van der Waals surface area contributed by atoms with Gasteiger partial charge in [-0.1, -0.05) is 24.3 Å². The second-order valence-corrected chi connectivity index (χ2v) is 3.42. The van der Waals surface area contributed by atoms with Crippen molar-refractivity contribution in [3.8, 4) is 0 Å². The second-order valence-electron chi connectivity index (χ2n) is 3.42. The summed E-state index contributed by atoms with van der Waals surface area (Å²) in [4.78, 5) is 0. The summed E-state index contributed by atoms with van der Waals surface area (Å²) in [6.07, 6.45) is -7.79. The van der Waals surface area contributed by atoms with Gasteiger partial charge in [0.1, 0.15) is 0 Å². The first kappa shape index (κ1) is 13.1. The number of halogens is 6. The molecule has 0 aliphatic heterocycles.